The molecule has 0 saturated carbocycles. The van der Waals surface area contributed by atoms with Crippen LogP contribution < -0.4 is 14.5 Å². The van der Waals surface area contributed by atoms with E-state index in [2.05, 4.69) is 53.3 Å². The van der Waals surface area contributed by atoms with Gasteiger partial charge in [0.05, 0.1) is 32.5 Å². The van der Waals surface area contributed by atoms with E-state index in [1.54, 1.807) is 13.2 Å². The zero-order valence-electron chi connectivity index (χ0n) is 26.7. The molecule has 0 radical (unpaired) electrons. The Hall–Kier alpha value is -3.27. The van der Waals surface area contributed by atoms with Gasteiger partial charge in [0.25, 0.3) is 0 Å². The van der Waals surface area contributed by atoms with Gasteiger partial charge < -0.3 is 19.7 Å². The number of hydrogen-bond acceptors (Lipinski definition) is 8. The summed E-state index contributed by atoms with van der Waals surface area (Å²) >= 11 is 0. The number of nitrogens with one attached hydrogen (secondary N) is 1. The first-order chi connectivity index (χ1) is 20.8. The number of nitroso groups, excluding NO2 is 1. The maximum atomic E-state index is 14.6. The van der Waals surface area contributed by atoms with Crippen molar-refractivity contribution in [2.24, 2.45) is 11.1 Å². The van der Waals surface area contributed by atoms with Crippen molar-refractivity contribution >= 4 is 17.3 Å². The van der Waals surface area contributed by atoms with E-state index in [-0.39, 0.29) is 16.4 Å². The third kappa shape index (κ3) is 7.82. The third-order valence-electron chi connectivity index (χ3n) is 9.30. The molecule has 43 heavy (non-hydrogen) atoms. The number of allylic oxidation sites excluding steroid dienone is 1. The van der Waals surface area contributed by atoms with Crippen LogP contribution in [-0.4, -0.2) is 82.3 Å². The molecule has 1 fully saturated rings. The Balaban J connectivity index is 1.57. The van der Waals surface area contributed by atoms with Crippen LogP contribution in [0.25, 0.3) is 0 Å². The Labute approximate surface area is 257 Å². The summed E-state index contributed by atoms with van der Waals surface area (Å²) in [6.45, 7) is 9.67. The van der Waals surface area contributed by atoms with Gasteiger partial charge in [0, 0.05) is 38.5 Å². The van der Waals surface area contributed by atoms with E-state index in [0.717, 1.165) is 75.2 Å². The first-order valence-corrected chi connectivity index (χ1v) is 15.8. The lowest BCUT2D eigenvalue weighted by Crippen LogP contribution is -2.58. The van der Waals surface area contributed by atoms with Crippen LogP contribution in [0.4, 0.5) is 11.4 Å². The second-order valence-corrected chi connectivity index (χ2v) is 12.2. The number of benzene rings is 2. The molecule has 1 N–H and O–H groups in total. The van der Waals surface area contributed by atoms with E-state index in [1.165, 1.54) is 0 Å². The molecule has 4 rings (SSSR count). The van der Waals surface area contributed by atoms with Crippen molar-refractivity contribution in [1.82, 2.24) is 19.6 Å². The zero-order valence-corrected chi connectivity index (χ0v) is 26.7. The predicted molar refractivity (Wildman–Crippen MR) is 173 cm³/mol. The topological polar surface area (TPSA) is 83.5 Å². The van der Waals surface area contributed by atoms with Gasteiger partial charge >= 0.3 is 5.91 Å². The number of ether oxygens (including phenoxy) is 2. The molecule has 0 bridgehead atoms. The van der Waals surface area contributed by atoms with Gasteiger partial charge in [-0.1, -0.05) is 37.3 Å². The van der Waals surface area contributed by atoms with Gasteiger partial charge in [-0.2, -0.15) is 0 Å². The van der Waals surface area contributed by atoms with Gasteiger partial charge in [-0.3, -0.25) is 4.90 Å². The molecule has 0 spiro atoms. The molecule has 1 amide bonds. The highest BCUT2D eigenvalue weighted by molar-refractivity contribution is 6.00. The molecular weight excluding hydrogens is 542 g/mol. The van der Waals surface area contributed by atoms with Gasteiger partial charge in [-0.05, 0) is 81.7 Å². The van der Waals surface area contributed by atoms with Crippen LogP contribution in [0, 0.1) is 10.8 Å². The minimum Gasteiger partial charge on any atom is -0.494 e. The Kier molecular flexibility index (Phi) is 11.7. The van der Waals surface area contributed by atoms with Gasteiger partial charge in [-0.25, -0.2) is 9.28 Å². The fourth-order valence-corrected chi connectivity index (χ4v) is 6.44. The second kappa shape index (κ2) is 15.5. The maximum Gasteiger partial charge on any atom is 0.387 e. The van der Waals surface area contributed by atoms with Crippen LogP contribution >= 0.6 is 0 Å². The number of para-hydroxylation sites is 1. The summed E-state index contributed by atoms with van der Waals surface area (Å²) in [4.78, 5) is 30.8. The van der Waals surface area contributed by atoms with Crippen molar-refractivity contribution in [2.45, 2.75) is 58.5 Å². The monoisotopic (exact) mass is 592 g/mol. The highest BCUT2D eigenvalue weighted by Gasteiger charge is 2.45. The van der Waals surface area contributed by atoms with E-state index in [9.17, 15) is 9.70 Å². The number of nitrogens with zero attached hydrogens (tertiary/aromatic N) is 4. The summed E-state index contributed by atoms with van der Waals surface area (Å²) in [5.41, 5.74) is 3.06. The summed E-state index contributed by atoms with van der Waals surface area (Å²) in [6, 6.07) is 15.8. The number of likely N-dealkylation sites (N-methyl/N-ethyl adjacent to an activating group) is 2. The lowest BCUT2D eigenvalue weighted by atomic mass is 9.98. The summed E-state index contributed by atoms with van der Waals surface area (Å²) < 4.78 is 12.1. The highest BCUT2D eigenvalue weighted by atomic mass is 16.5. The number of carbonyl (C=O) groups excluding carboxylic acids is 1. The van der Waals surface area contributed by atoms with Gasteiger partial charge in [0.15, 0.2) is 5.69 Å². The average Bonchev–Trinajstić information content (AvgIpc) is 3.03. The molecule has 1 saturated heterocycles. The van der Waals surface area contributed by atoms with E-state index in [0.29, 0.717) is 42.8 Å². The SMILES string of the molecule is CCN(CCN/C1=C(\OCC2CCCN(C)C2)C(=O)[N+](C)(c2ccccc2)C(C)CCC1)Cc1cccc(OC)c1N=O. The lowest BCUT2D eigenvalue weighted by Gasteiger charge is -2.39. The van der Waals surface area contributed by atoms with E-state index < -0.39 is 0 Å². The number of amides is 1. The van der Waals surface area contributed by atoms with Crippen molar-refractivity contribution < 1.29 is 14.3 Å². The van der Waals surface area contributed by atoms with E-state index in [4.69, 9.17) is 9.47 Å². The molecule has 0 aliphatic carbocycles. The molecule has 0 aromatic heterocycles. The largest absolute Gasteiger partial charge is 0.494 e. The van der Waals surface area contributed by atoms with Crippen LogP contribution in [0.15, 0.2) is 65.2 Å². The molecular formula is C34H50N5O4+. The minimum absolute atomic E-state index is 0.00971. The van der Waals surface area contributed by atoms with Crippen LogP contribution in [0.2, 0.25) is 0 Å². The van der Waals surface area contributed by atoms with Crippen molar-refractivity contribution in [3.05, 3.63) is 70.5 Å². The number of rotatable bonds is 13. The first-order valence-electron chi connectivity index (χ1n) is 15.8. The van der Waals surface area contributed by atoms with Crippen LogP contribution in [0.3, 0.4) is 0 Å². The number of carbonyl (C=O) groups is 1. The normalized spacial score (nSPS) is 25.2. The Bertz CT molecular complexity index is 1250. The number of likely N-dealkylation sites (tertiary alicyclic amines) is 1. The molecule has 9 nitrogen and oxygen atoms in total. The molecule has 2 aliphatic heterocycles. The third-order valence-corrected chi connectivity index (χ3v) is 9.30. The molecule has 2 aromatic carbocycles. The molecule has 3 atom stereocenters. The second-order valence-electron chi connectivity index (χ2n) is 12.2. The molecule has 2 aliphatic rings. The molecule has 234 valence electrons. The number of piperidine rings is 1. The Morgan fingerprint density at radius 2 is 1.91 bits per heavy atom. The van der Waals surface area contributed by atoms with Crippen molar-refractivity contribution in [1.29, 1.82) is 0 Å². The lowest BCUT2D eigenvalue weighted by molar-refractivity contribution is -0.131. The van der Waals surface area contributed by atoms with Crippen molar-refractivity contribution in [3.8, 4) is 5.75 Å². The summed E-state index contributed by atoms with van der Waals surface area (Å²) in [5, 5.41) is 6.88. The molecule has 9 heteroatoms. The van der Waals surface area contributed by atoms with Gasteiger partial charge in [0.2, 0.25) is 5.76 Å². The zero-order chi connectivity index (χ0) is 30.8. The fraction of sp³-hybridized carbons (Fsp3) is 0.559. The molecule has 2 heterocycles. The smallest absolute Gasteiger partial charge is 0.387 e. The predicted octanol–water partition coefficient (Wildman–Crippen LogP) is 5.81. The van der Waals surface area contributed by atoms with Crippen LogP contribution in [0.5, 0.6) is 5.75 Å². The Morgan fingerprint density at radius 3 is 2.60 bits per heavy atom. The van der Waals surface area contributed by atoms with Gasteiger partial charge in [0.1, 0.15) is 11.4 Å². The van der Waals surface area contributed by atoms with Crippen molar-refractivity contribution in [3.63, 3.8) is 0 Å². The fourth-order valence-electron chi connectivity index (χ4n) is 6.44. The number of hydrogen-bond donors (Lipinski definition) is 1. The number of methoxy groups -OCH3 is 1. The van der Waals surface area contributed by atoms with Crippen LogP contribution in [0.1, 0.15) is 51.5 Å². The van der Waals surface area contributed by atoms with E-state index in [1.807, 2.05) is 37.4 Å². The van der Waals surface area contributed by atoms with Gasteiger partial charge in [-0.15, -0.1) is 4.91 Å². The highest BCUT2D eigenvalue weighted by Crippen LogP contribution is 2.34. The average molecular weight is 593 g/mol. The number of quaternary nitrogens is 1. The summed E-state index contributed by atoms with van der Waals surface area (Å²) in [6.07, 6.45) is 4.93. The van der Waals surface area contributed by atoms with Crippen LogP contribution in [-0.2, 0) is 16.1 Å². The van der Waals surface area contributed by atoms with E-state index >= 15 is 0 Å². The first kappa shape index (κ1) is 32.6. The summed E-state index contributed by atoms with van der Waals surface area (Å²) in [5.74, 6) is 1.38. The molecule has 3 unspecified atom stereocenters. The standard InChI is InChI=1S/C34H49N5O4/c1-6-38(24-28-15-11-19-31(42-5)32(28)36-41)22-20-35-30-18-10-13-26(2)39(4,29-16-8-7-9-17-29)34(40)33(30)43-25-27-14-12-21-37(3)23-27/h7-9,11,15-17,19,26-27H,6,10,12-14,18,20-25H2,1-5H3/p+1. The quantitative estimate of drug-likeness (QED) is 0.232. The maximum absolute atomic E-state index is 14.6. The Morgan fingerprint density at radius 1 is 1.12 bits per heavy atom. The minimum atomic E-state index is 0.00971. The molecule has 2 aromatic rings. The summed E-state index contributed by atoms with van der Waals surface area (Å²) in [7, 11) is 5.74. The van der Waals surface area contributed by atoms with Crippen molar-refractivity contribution in [2.75, 3.05) is 60.5 Å².